The molecule has 0 fully saturated rings. The van der Waals surface area contributed by atoms with E-state index in [0.29, 0.717) is 29.5 Å². The summed E-state index contributed by atoms with van der Waals surface area (Å²) in [5, 5.41) is 7.55. The highest BCUT2D eigenvalue weighted by molar-refractivity contribution is 5.83. The van der Waals surface area contributed by atoms with E-state index in [1.54, 1.807) is 13.2 Å². The minimum Gasteiger partial charge on any atom is -0.497 e. The van der Waals surface area contributed by atoms with Crippen LogP contribution in [-0.2, 0) is 17.8 Å². The van der Waals surface area contributed by atoms with Crippen molar-refractivity contribution in [2.75, 3.05) is 14.2 Å². The Morgan fingerprint density at radius 1 is 1.09 bits per heavy atom. The number of benzene rings is 2. The van der Waals surface area contributed by atoms with E-state index in [1.807, 2.05) is 37.3 Å². The summed E-state index contributed by atoms with van der Waals surface area (Å²) in [6.45, 7) is 1.97. The van der Waals surface area contributed by atoms with Gasteiger partial charge >= 0.3 is 5.63 Å². The Hall–Kier alpha value is -4.14. The number of rotatable bonds is 8. The molecule has 0 atom stereocenters. The van der Waals surface area contributed by atoms with Gasteiger partial charge in [0.05, 0.1) is 20.8 Å². The van der Waals surface area contributed by atoms with Crippen LogP contribution in [0.15, 0.2) is 56.2 Å². The Balaban J connectivity index is 1.37. The second kappa shape index (κ2) is 9.56. The van der Waals surface area contributed by atoms with Gasteiger partial charge in [0, 0.05) is 29.5 Å². The fraction of sp³-hybridized carbons (Fsp3) is 0.250. The maximum Gasteiger partial charge on any atom is 0.336 e. The van der Waals surface area contributed by atoms with Gasteiger partial charge in [-0.2, -0.15) is 4.98 Å². The van der Waals surface area contributed by atoms with E-state index >= 15 is 0 Å². The van der Waals surface area contributed by atoms with Gasteiger partial charge in [0.15, 0.2) is 0 Å². The molecular formula is C24H23N3O6. The van der Waals surface area contributed by atoms with Crippen LogP contribution in [0.4, 0.5) is 0 Å². The summed E-state index contributed by atoms with van der Waals surface area (Å²) in [5.41, 5.74) is 2.47. The van der Waals surface area contributed by atoms with Gasteiger partial charge in [-0.1, -0.05) is 5.16 Å². The Kier molecular flexibility index (Phi) is 6.39. The molecule has 0 saturated heterocycles. The van der Waals surface area contributed by atoms with Crippen LogP contribution in [-0.4, -0.2) is 30.3 Å². The molecule has 0 spiro atoms. The predicted octanol–water partition coefficient (Wildman–Crippen LogP) is 3.42. The topological polar surface area (TPSA) is 117 Å². The zero-order valence-electron chi connectivity index (χ0n) is 18.5. The molecule has 0 aliphatic carbocycles. The molecule has 0 saturated carbocycles. The fourth-order valence-corrected chi connectivity index (χ4v) is 3.47. The number of fused-ring (bicyclic) bond motifs is 1. The summed E-state index contributed by atoms with van der Waals surface area (Å²) >= 11 is 0. The van der Waals surface area contributed by atoms with Crippen molar-refractivity contribution in [1.82, 2.24) is 15.5 Å². The minimum absolute atomic E-state index is 0.126. The molecule has 4 aromatic rings. The first-order valence-electron chi connectivity index (χ1n) is 10.3. The maximum atomic E-state index is 12.4. The van der Waals surface area contributed by atoms with E-state index in [-0.39, 0.29) is 18.9 Å². The number of methoxy groups -OCH3 is 2. The number of hydrogen-bond donors (Lipinski definition) is 1. The van der Waals surface area contributed by atoms with Crippen LogP contribution in [0.2, 0.25) is 0 Å². The van der Waals surface area contributed by atoms with Crippen LogP contribution >= 0.6 is 0 Å². The van der Waals surface area contributed by atoms with Crippen molar-refractivity contribution in [3.63, 3.8) is 0 Å². The molecule has 33 heavy (non-hydrogen) atoms. The molecule has 0 aliphatic rings. The molecule has 0 bridgehead atoms. The van der Waals surface area contributed by atoms with E-state index < -0.39 is 5.63 Å². The highest BCUT2D eigenvalue weighted by Crippen LogP contribution is 2.28. The first-order chi connectivity index (χ1) is 16.0. The lowest BCUT2D eigenvalue weighted by atomic mass is 10.0. The Labute approximate surface area is 189 Å². The van der Waals surface area contributed by atoms with E-state index in [2.05, 4.69) is 15.5 Å². The lowest BCUT2D eigenvalue weighted by Crippen LogP contribution is -2.23. The van der Waals surface area contributed by atoms with E-state index in [9.17, 15) is 9.59 Å². The van der Waals surface area contributed by atoms with Crippen molar-refractivity contribution in [1.29, 1.82) is 0 Å². The molecule has 9 nitrogen and oxygen atoms in total. The molecule has 0 unspecified atom stereocenters. The van der Waals surface area contributed by atoms with Crippen molar-refractivity contribution in [3.8, 4) is 22.9 Å². The highest BCUT2D eigenvalue weighted by Gasteiger charge is 2.13. The molecule has 0 radical (unpaired) electrons. The van der Waals surface area contributed by atoms with Crippen LogP contribution in [0, 0.1) is 6.92 Å². The van der Waals surface area contributed by atoms with Crippen LogP contribution in [0.25, 0.3) is 22.4 Å². The molecule has 2 heterocycles. The van der Waals surface area contributed by atoms with E-state index in [4.69, 9.17) is 18.4 Å². The van der Waals surface area contributed by atoms with Crippen LogP contribution in [0.1, 0.15) is 23.4 Å². The zero-order chi connectivity index (χ0) is 23.4. The summed E-state index contributed by atoms with van der Waals surface area (Å²) < 4.78 is 21.0. The lowest BCUT2D eigenvalue weighted by molar-refractivity contribution is -0.121. The number of carbonyl (C=O) groups is 1. The average Bonchev–Trinajstić information content (AvgIpc) is 3.30. The van der Waals surface area contributed by atoms with Crippen LogP contribution in [0.3, 0.4) is 0 Å². The predicted molar refractivity (Wildman–Crippen MR) is 120 cm³/mol. The zero-order valence-corrected chi connectivity index (χ0v) is 18.5. The number of hydrogen-bond acceptors (Lipinski definition) is 8. The molecule has 2 aromatic carbocycles. The molecular weight excluding hydrogens is 426 g/mol. The van der Waals surface area contributed by atoms with Gasteiger partial charge in [0.2, 0.25) is 17.6 Å². The third-order valence-electron chi connectivity index (χ3n) is 5.23. The maximum absolute atomic E-state index is 12.4. The summed E-state index contributed by atoms with van der Waals surface area (Å²) in [4.78, 5) is 28.3. The SMILES string of the molecule is COc1ccc(-c2noc(CNC(=O)CCc3cc4c(C)cc(=O)oc4cc3OC)n2)cc1. The smallest absolute Gasteiger partial charge is 0.336 e. The monoisotopic (exact) mass is 449 g/mol. The average molecular weight is 449 g/mol. The van der Waals surface area contributed by atoms with Crippen molar-refractivity contribution < 1.29 is 23.2 Å². The normalized spacial score (nSPS) is 10.9. The molecule has 1 N–H and O–H groups in total. The van der Waals surface area contributed by atoms with E-state index in [1.165, 1.54) is 13.2 Å². The summed E-state index contributed by atoms with van der Waals surface area (Å²) in [6.07, 6.45) is 0.682. The van der Waals surface area contributed by atoms with Crippen molar-refractivity contribution in [2.45, 2.75) is 26.3 Å². The van der Waals surface area contributed by atoms with Crippen LogP contribution in [0.5, 0.6) is 11.5 Å². The Bertz CT molecular complexity index is 1340. The van der Waals surface area contributed by atoms with Crippen molar-refractivity contribution >= 4 is 16.9 Å². The van der Waals surface area contributed by atoms with Crippen molar-refractivity contribution in [3.05, 3.63) is 69.9 Å². The van der Waals surface area contributed by atoms with Gasteiger partial charge in [0.25, 0.3) is 0 Å². The Morgan fingerprint density at radius 3 is 2.61 bits per heavy atom. The molecule has 4 rings (SSSR count). The number of amides is 1. The first kappa shape index (κ1) is 22.1. The molecule has 0 aliphatic heterocycles. The number of carbonyl (C=O) groups excluding carboxylic acids is 1. The summed E-state index contributed by atoms with van der Waals surface area (Å²) in [6, 6.07) is 12.3. The highest BCUT2D eigenvalue weighted by atomic mass is 16.5. The van der Waals surface area contributed by atoms with Gasteiger partial charge in [0.1, 0.15) is 17.1 Å². The first-order valence-corrected chi connectivity index (χ1v) is 10.3. The largest absolute Gasteiger partial charge is 0.497 e. The quantitative estimate of drug-likeness (QED) is 0.407. The molecule has 1 amide bonds. The standard InChI is InChI=1S/C24H23N3O6/c1-14-10-23(29)32-20-12-19(31-3)16(11-18(14)20)6-9-21(28)25-13-22-26-24(27-33-22)15-4-7-17(30-2)8-5-15/h4-5,7-8,10-12H,6,9,13H2,1-3H3,(H,25,28). The Morgan fingerprint density at radius 2 is 1.88 bits per heavy atom. The second-order valence-electron chi connectivity index (χ2n) is 7.43. The van der Waals surface area contributed by atoms with Crippen LogP contribution < -0.4 is 20.4 Å². The third kappa shape index (κ3) is 5.03. The third-order valence-corrected chi connectivity index (χ3v) is 5.23. The van der Waals surface area contributed by atoms with Gasteiger partial charge in [-0.3, -0.25) is 4.79 Å². The minimum atomic E-state index is -0.412. The summed E-state index contributed by atoms with van der Waals surface area (Å²) in [5.74, 6) is 1.87. The number of ether oxygens (including phenoxy) is 2. The van der Waals surface area contributed by atoms with E-state index in [0.717, 1.165) is 27.8 Å². The van der Waals surface area contributed by atoms with Gasteiger partial charge < -0.3 is 23.7 Å². The fourth-order valence-electron chi connectivity index (χ4n) is 3.47. The van der Waals surface area contributed by atoms with Gasteiger partial charge in [-0.05, 0) is 54.8 Å². The van der Waals surface area contributed by atoms with Gasteiger partial charge in [-0.25, -0.2) is 4.79 Å². The molecule has 9 heteroatoms. The molecule has 2 aromatic heterocycles. The van der Waals surface area contributed by atoms with Crippen molar-refractivity contribution in [2.24, 2.45) is 0 Å². The molecule has 170 valence electrons. The number of aryl methyl sites for hydroxylation is 2. The summed E-state index contributed by atoms with van der Waals surface area (Å²) in [7, 11) is 3.13. The van der Waals surface area contributed by atoms with Gasteiger partial charge in [-0.15, -0.1) is 0 Å². The lowest BCUT2D eigenvalue weighted by Gasteiger charge is -2.11. The number of nitrogens with one attached hydrogen (secondary N) is 1. The number of nitrogens with zero attached hydrogens (tertiary/aromatic N) is 2. The number of aromatic nitrogens is 2. The second-order valence-corrected chi connectivity index (χ2v) is 7.43.